The molecule has 0 amide bonds. The van der Waals surface area contributed by atoms with Gasteiger partial charge in [-0.3, -0.25) is 4.98 Å². The van der Waals surface area contributed by atoms with Gasteiger partial charge < -0.3 is 9.84 Å². The summed E-state index contributed by atoms with van der Waals surface area (Å²) in [6.07, 6.45) is 7.74. The number of rotatable bonds is 4. The van der Waals surface area contributed by atoms with E-state index in [2.05, 4.69) is 11.9 Å². The van der Waals surface area contributed by atoms with E-state index in [0.29, 0.717) is 11.7 Å². The lowest BCUT2D eigenvalue weighted by molar-refractivity contribution is 0.108. The van der Waals surface area contributed by atoms with Crippen molar-refractivity contribution in [1.29, 1.82) is 0 Å². The van der Waals surface area contributed by atoms with Crippen LogP contribution in [-0.4, -0.2) is 17.2 Å². The lowest BCUT2D eigenvalue weighted by Crippen LogP contribution is -2.10. The van der Waals surface area contributed by atoms with Crippen LogP contribution in [0.4, 0.5) is 0 Å². The highest BCUT2D eigenvalue weighted by Crippen LogP contribution is 2.40. The van der Waals surface area contributed by atoms with Crippen molar-refractivity contribution in [3.05, 3.63) is 24.0 Å². The Kier molecular flexibility index (Phi) is 4.00. The summed E-state index contributed by atoms with van der Waals surface area (Å²) in [4.78, 5) is 4.10. The molecular formula is C14H21NO2. The molecule has 0 aliphatic heterocycles. The number of hydrogen-bond acceptors (Lipinski definition) is 3. The summed E-state index contributed by atoms with van der Waals surface area (Å²) in [6, 6.07) is 1.89. The second-order valence-corrected chi connectivity index (χ2v) is 4.95. The third kappa shape index (κ3) is 2.78. The number of ether oxygens (including phenoxy) is 1. The first kappa shape index (κ1) is 12.4. The van der Waals surface area contributed by atoms with Crippen LogP contribution in [0.2, 0.25) is 0 Å². The Morgan fingerprint density at radius 2 is 2.29 bits per heavy atom. The SMILES string of the molecule is CCC1CCC(C(O)c2cncc(OC)c2)C1. The first-order chi connectivity index (χ1) is 8.24. The van der Waals surface area contributed by atoms with Crippen molar-refractivity contribution in [2.45, 2.75) is 38.7 Å². The fourth-order valence-corrected chi connectivity index (χ4v) is 2.75. The second kappa shape index (κ2) is 5.50. The Bertz CT molecular complexity index is 367. The molecule has 1 aromatic rings. The third-order valence-corrected chi connectivity index (χ3v) is 3.92. The van der Waals surface area contributed by atoms with Gasteiger partial charge in [-0.2, -0.15) is 0 Å². The van der Waals surface area contributed by atoms with Crippen molar-refractivity contribution in [3.8, 4) is 5.75 Å². The second-order valence-electron chi connectivity index (χ2n) is 4.95. The molecule has 3 heteroatoms. The molecule has 0 spiro atoms. The van der Waals surface area contributed by atoms with Gasteiger partial charge in [0.25, 0.3) is 0 Å². The van der Waals surface area contributed by atoms with Crippen molar-refractivity contribution >= 4 is 0 Å². The highest BCUT2D eigenvalue weighted by Gasteiger charge is 2.29. The molecule has 1 fully saturated rings. The average molecular weight is 235 g/mol. The molecule has 17 heavy (non-hydrogen) atoms. The minimum atomic E-state index is -0.394. The lowest BCUT2D eigenvalue weighted by atomic mass is 9.94. The number of methoxy groups -OCH3 is 1. The zero-order valence-electron chi connectivity index (χ0n) is 10.6. The summed E-state index contributed by atoms with van der Waals surface area (Å²) in [7, 11) is 1.62. The van der Waals surface area contributed by atoms with Crippen LogP contribution in [0.15, 0.2) is 18.5 Å². The largest absolute Gasteiger partial charge is 0.495 e. The van der Waals surface area contributed by atoms with Gasteiger partial charge in [-0.25, -0.2) is 0 Å². The van der Waals surface area contributed by atoms with Crippen molar-refractivity contribution < 1.29 is 9.84 Å². The molecule has 2 rings (SSSR count). The zero-order chi connectivity index (χ0) is 12.3. The van der Waals surface area contributed by atoms with Crippen LogP contribution in [0, 0.1) is 11.8 Å². The predicted molar refractivity (Wildman–Crippen MR) is 66.9 cm³/mol. The molecule has 1 aromatic heterocycles. The molecule has 0 saturated heterocycles. The Morgan fingerprint density at radius 3 is 2.94 bits per heavy atom. The molecule has 3 atom stereocenters. The number of pyridine rings is 1. The smallest absolute Gasteiger partial charge is 0.137 e. The standard InChI is InChI=1S/C14H21NO2/c1-3-10-4-5-11(6-10)14(16)12-7-13(17-2)9-15-8-12/h7-11,14,16H,3-6H2,1-2H3. The van der Waals surface area contributed by atoms with E-state index in [-0.39, 0.29) is 0 Å². The molecule has 1 heterocycles. The predicted octanol–water partition coefficient (Wildman–Crippen LogP) is 2.95. The van der Waals surface area contributed by atoms with Gasteiger partial charge in [-0.1, -0.05) is 19.8 Å². The molecule has 3 nitrogen and oxygen atoms in total. The highest BCUT2D eigenvalue weighted by molar-refractivity contribution is 5.25. The Morgan fingerprint density at radius 1 is 1.47 bits per heavy atom. The van der Waals surface area contributed by atoms with Gasteiger partial charge in [0.15, 0.2) is 0 Å². The molecule has 3 unspecified atom stereocenters. The van der Waals surface area contributed by atoms with Crippen LogP contribution in [0.1, 0.15) is 44.3 Å². The normalized spacial score (nSPS) is 25.8. The maximum Gasteiger partial charge on any atom is 0.137 e. The van der Waals surface area contributed by atoms with E-state index in [1.165, 1.54) is 12.8 Å². The van der Waals surface area contributed by atoms with Gasteiger partial charge in [-0.15, -0.1) is 0 Å². The maximum atomic E-state index is 10.4. The summed E-state index contributed by atoms with van der Waals surface area (Å²) < 4.78 is 5.14. The zero-order valence-corrected chi connectivity index (χ0v) is 10.6. The van der Waals surface area contributed by atoms with Crippen LogP contribution in [0.5, 0.6) is 5.75 Å². The molecule has 0 aromatic carbocycles. The van der Waals surface area contributed by atoms with E-state index in [0.717, 1.165) is 24.3 Å². The van der Waals surface area contributed by atoms with Gasteiger partial charge >= 0.3 is 0 Å². The van der Waals surface area contributed by atoms with E-state index in [4.69, 9.17) is 4.74 Å². The lowest BCUT2D eigenvalue weighted by Gasteiger charge is -2.18. The molecule has 1 saturated carbocycles. The molecule has 0 radical (unpaired) electrons. The van der Waals surface area contributed by atoms with Crippen LogP contribution in [0.25, 0.3) is 0 Å². The first-order valence-electron chi connectivity index (χ1n) is 6.41. The van der Waals surface area contributed by atoms with E-state index < -0.39 is 6.10 Å². The fraction of sp³-hybridized carbons (Fsp3) is 0.643. The van der Waals surface area contributed by atoms with Crippen molar-refractivity contribution in [1.82, 2.24) is 4.98 Å². The van der Waals surface area contributed by atoms with Gasteiger partial charge in [0, 0.05) is 11.8 Å². The van der Waals surface area contributed by atoms with Gasteiger partial charge in [0.05, 0.1) is 19.4 Å². The van der Waals surface area contributed by atoms with E-state index in [9.17, 15) is 5.11 Å². The van der Waals surface area contributed by atoms with E-state index >= 15 is 0 Å². The van der Waals surface area contributed by atoms with E-state index in [1.807, 2.05) is 6.07 Å². The van der Waals surface area contributed by atoms with Gasteiger partial charge in [0.2, 0.25) is 0 Å². The minimum absolute atomic E-state index is 0.383. The summed E-state index contributed by atoms with van der Waals surface area (Å²) in [5.41, 5.74) is 0.881. The highest BCUT2D eigenvalue weighted by atomic mass is 16.5. The molecule has 0 bridgehead atoms. The van der Waals surface area contributed by atoms with Crippen LogP contribution >= 0.6 is 0 Å². The van der Waals surface area contributed by atoms with Crippen LogP contribution in [0.3, 0.4) is 0 Å². The topological polar surface area (TPSA) is 42.4 Å². The van der Waals surface area contributed by atoms with Crippen molar-refractivity contribution in [3.63, 3.8) is 0 Å². The number of nitrogens with zero attached hydrogens (tertiary/aromatic N) is 1. The quantitative estimate of drug-likeness (QED) is 0.872. The molecule has 1 N–H and O–H groups in total. The van der Waals surface area contributed by atoms with Crippen molar-refractivity contribution in [2.75, 3.05) is 7.11 Å². The summed E-state index contributed by atoms with van der Waals surface area (Å²) in [5.74, 6) is 1.88. The van der Waals surface area contributed by atoms with Crippen LogP contribution < -0.4 is 4.74 Å². The monoisotopic (exact) mass is 235 g/mol. The average Bonchev–Trinajstić information content (AvgIpc) is 2.86. The molecular weight excluding hydrogens is 214 g/mol. The number of hydrogen-bond donors (Lipinski definition) is 1. The molecule has 1 aliphatic rings. The Balaban J connectivity index is 2.06. The first-order valence-corrected chi connectivity index (χ1v) is 6.41. The van der Waals surface area contributed by atoms with Crippen LogP contribution in [-0.2, 0) is 0 Å². The van der Waals surface area contributed by atoms with Crippen molar-refractivity contribution in [2.24, 2.45) is 11.8 Å². The third-order valence-electron chi connectivity index (χ3n) is 3.92. The summed E-state index contributed by atoms with van der Waals surface area (Å²) in [6.45, 7) is 2.23. The minimum Gasteiger partial charge on any atom is -0.495 e. The molecule has 94 valence electrons. The Labute approximate surface area is 103 Å². The summed E-state index contributed by atoms with van der Waals surface area (Å²) >= 11 is 0. The maximum absolute atomic E-state index is 10.4. The number of aromatic nitrogens is 1. The molecule has 1 aliphatic carbocycles. The number of aliphatic hydroxyl groups is 1. The van der Waals surface area contributed by atoms with Gasteiger partial charge in [0.1, 0.15) is 5.75 Å². The Hall–Kier alpha value is -1.09. The number of aliphatic hydroxyl groups excluding tert-OH is 1. The van der Waals surface area contributed by atoms with E-state index in [1.54, 1.807) is 19.5 Å². The van der Waals surface area contributed by atoms with Gasteiger partial charge in [-0.05, 0) is 30.7 Å². The fourth-order valence-electron chi connectivity index (χ4n) is 2.75. The summed E-state index contributed by atoms with van der Waals surface area (Å²) in [5, 5.41) is 10.4.